The number of thioether (sulfide) groups is 1. The zero-order valence-corrected chi connectivity index (χ0v) is 8.73. The first-order valence-corrected chi connectivity index (χ1v) is 5.53. The SMILES string of the molecule is CSc1cccc(C(CN)C(F)F)c1. The van der Waals surface area contributed by atoms with E-state index in [0.717, 1.165) is 4.90 Å². The number of nitrogens with two attached hydrogens (primary N) is 1. The van der Waals surface area contributed by atoms with Crippen LogP contribution in [0.15, 0.2) is 29.2 Å². The molecule has 0 bridgehead atoms. The average molecular weight is 217 g/mol. The Morgan fingerprint density at radius 1 is 1.43 bits per heavy atom. The van der Waals surface area contributed by atoms with Crippen LogP contribution in [0.4, 0.5) is 8.78 Å². The lowest BCUT2D eigenvalue weighted by Gasteiger charge is -2.14. The molecule has 0 aliphatic carbocycles. The van der Waals surface area contributed by atoms with Crippen LogP contribution in [0.25, 0.3) is 0 Å². The monoisotopic (exact) mass is 217 g/mol. The van der Waals surface area contributed by atoms with Crippen LogP contribution in [0.1, 0.15) is 11.5 Å². The minimum Gasteiger partial charge on any atom is -0.330 e. The van der Waals surface area contributed by atoms with Gasteiger partial charge in [0.15, 0.2) is 0 Å². The van der Waals surface area contributed by atoms with Crippen LogP contribution in [0.2, 0.25) is 0 Å². The van der Waals surface area contributed by atoms with Gasteiger partial charge in [0, 0.05) is 11.4 Å². The molecule has 0 radical (unpaired) electrons. The molecule has 0 spiro atoms. The molecule has 0 aliphatic rings. The third kappa shape index (κ3) is 2.69. The Labute approximate surface area is 86.7 Å². The summed E-state index contributed by atoms with van der Waals surface area (Å²) in [5.41, 5.74) is 5.93. The van der Waals surface area contributed by atoms with Gasteiger partial charge in [-0.05, 0) is 24.0 Å². The summed E-state index contributed by atoms with van der Waals surface area (Å²) in [5, 5.41) is 0. The number of hydrogen-bond acceptors (Lipinski definition) is 2. The van der Waals surface area contributed by atoms with Gasteiger partial charge in [-0.15, -0.1) is 11.8 Å². The topological polar surface area (TPSA) is 26.0 Å². The van der Waals surface area contributed by atoms with Crippen LogP contribution in [-0.2, 0) is 0 Å². The van der Waals surface area contributed by atoms with Crippen LogP contribution in [0.3, 0.4) is 0 Å². The quantitative estimate of drug-likeness (QED) is 0.785. The summed E-state index contributed by atoms with van der Waals surface area (Å²) in [4.78, 5) is 0.988. The Kier molecular flexibility index (Phi) is 4.35. The molecular weight excluding hydrogens is 204 g/mol. The second kappa shape index (κ2) is 5.32. The van der Waals surface area contributed by atoms with Crippen molar-refractivity contribution >= 4 is 11.8 Å². The molecule has 1 aromatic carbocycles. The Hall–Kier alpha value is -0.610. The molecule has 0 saturated carbocycles. The fourth-order valence-electron chi connectivity index (χ4n) is 1.26. The lowest BCUT2D eigenvalue weighted by molar-refractivity contribution is 0.117. The van der Waals surface area contributed by atoms with Crippen LogP contribution in [-0.4, -0.2) is 19.2 Å². The molecule has 1 atom stereocenters. The van der Waals surface area contributed by atoms with Crippen molar-refractivity contribution in [3.8, 4) is 0 Å². The summed E-state index contributed by atoms with van der Waals surface area (Å²) in [6, 6.07) is 7.15. The highest BCUT2D eigenvalue weighted by Crippen LogP contribution is 2.25. The summed E-state index contributed by atoms with van der Waals surface area (Å²) in [7, 11) is 0. The third-order valence-corrected chi connectivity index (χ3v) is 2.81. The molecule has 1 rings (SSSR count). The molecule has 0 amide bonds. The van der Waals surface area contributed by atoms with E-state index in [9.17, 15) is 8.78 Å². The maximum atomic E-state index is 12.5. The predicted molar refractivity (Wildman–Crippen MR) is 56.0 cm³/mol. The van der Waals surface area contributed by atoms with Crippen molar-refractivity contribution in [3.63, 3.8) is 0 Å². The van der Waals surface area contributed by atoms with Gasteiger partial charge in [-0.2, -0.15) is 0 Å². The van der Waals surface area contributed by atoms with Crippen LogP contribution >= 0.6 is 11.8 Å². The first-order chi connectivity index (χ1) is 6.69. The summed E-state index contributed by atoms with van der Waals surface area (Å²) in [6.45, 7) is -0.0184. The van der Waals surface area contributed by atoms with Crippen molar-refractivity contribution in [3.05, 3.63) is 29.8 Å². The van der Waals surface area contributed by atoms with Crippen molar-refractivity contribution in [1.82, 2.24) is 0 Å². The summed E-state index contributed by atoms with van der Waals surface area (Å²) >= 11 is 1.54. The molecular formula is C10H13F2NS. The predicted octanol–water partition coefficient (Wildman–Crippen LogP) is 2.72. The summed E-state index contributed by atoms with van der Waals surface area (Å²) in [5.74, 6) is -0.845. The van der Waals surface area contributed by atoms with Crippen molar-refractivity contribution < 1.29 is 8.78 Å². The number of alkyl halides is 2. The molecule has 0 aliphatic heterocycles. The molecule has 1 aromatic rings. The van der Waals surface area contributed by atoms with Crippen LogP contribution in [0, 0.1) is 0 Å². The van der Waals surface area contributed by atoms with Gasteiger partial charge in [0.05, 0.1) is 5.92 Å². The zero-order chi connectivity index (χ0) is 10.6. The Bertz CT molecular complexity index is 291. The highest BCUT2D eigenvalue weighted by atomic mass is 32.2. The largest absolute Gasteiger partial charge is 0.330 e. The lowest BCUT2D eigenvalue weighted by Crippen LogP contribution is -2.19. The Balaban J connectivity index is 2.92. The van der Waals surface area contributed by atoms with Crippen molar-refractivity contribution in [2.24, 2.45) is 5.73 Å². The lowest BCUT2D eigenvalue weighted by atomic mass is 10.0. The molecule has 14 heavy (non-hydrogen) atoms. The van der Waals surface area contributed by atoms with E-state index in [-0.39, 0.29) is 6.54 Å². The molecule has 0 aromatic heterocycles. The standard InChI is InChI=1S/C10H13F2NS/c1-14-8-4-2-3-7(5-8)9(6-13)10(11)12/h2-5,9-10H,6,13H2,1H3. The first-order valence-electron chi connectivity index (χ1n) is 4.31. The molecule has 0 saturated heterocycles. The zero-order valence-electron chi connectivity index (χ0n) is 7.91. The van der Waals surface area contributed by atoms with Gasteiger partial charge in [-0.25, -0.2) is 8.78 Å². The van der Waals surface area contributed by atoms with E-state index in [4.69, 9.17) is 5.73 Å². The van der Waals surface area contributed by atoms with E-state index in [1.807, 2.05) is 12.3 Å². The van der Waals surface area contributed by atoms with E-state index in [1.165, 1.54) is 11.8 Å². The summed E-state index contributed by atoms with van der Waals surface area (Å²) in [6.07, 6.45) is -0.476. The average Bonchev–Trinajstić information content (AvgIpc) is 2.19. The maximum absolute atomic E-state index is 12.5. The van der Waals surface area contributed by atoms with E-state index in [2.05, 4.69) is 0 Å². The highest BCUT2D eigenvalue weighted by molar-refractivity contribution is 7.98. The molecule has 1 unspecified atom stereocenters. The molecule has 2 N–H and O–H groups in total. The molecule has 78 valence electrons. The Morgan fingerprint density at radius 2 is 2.14 bits per heavy atom. The fraction of sp³-hybridized carbons (Fsp3) is 0.400. The van der Waals surface area contributed by atoms with Gasteiger partial charge < -0.3 is 5.73 Å². The number of hydrogen-bond donors (Lipinski definition) is 1. The van der Waals surface area contributed by atoms with E-state index in [1.54, 1.807) is 18.2 Å². The molecule has 1 nitrogen and oxygen atoms in total. The number of halogens is 2. The maximum Gasteiger partial charge on any atom is 0.246 e. The second-order valence-electron chi connectivity index (χ2n) is 2.95. The van der Waals surface area contributed by atoms with E-state index >= 15 is 0 Å². The van der Waals surface area contributed by atoms with Crippen molar-refractivity contribution in [2.45, 2.75) is 17.2 Å². The number of rotatable bonds is 4. The summed E-state index contributed by atoms with van der Waals surface area (Å²) < 4.78 is 25.1. The van der Waals surface area contributed by atoms with Gasteiger partial charge in [-0.3, -0.25) is 0 Å². The number of benzene rings is 1. The van der Waals surface area contributed by atoms with E-state index < -0.39 is 12.3 Å². The fourth-order valence-corrected chi connectivity index (χ4v) is 1.73. The van der Waals surface area contributed by atoms with Gasteiger partial charge >= 0.3 is 0 Å². The molecule has 4 heteroatoms. The van der Waals surface area contributed by atoms with Gasteiger partial charge in [-0.1, -0.05) is 12.1 Å². The minimum atomic E-state index is -2.39. The van der Waals surface area contributed by atoms with Crippen LogP contribution in [0.5, 0.6) is 0 Å². The van der Waals surface area contributed by atoms with Gasteiger partial charge in [0.25, 0.3) is 0 Å². The third-order valence-electron chi connectivity index (χ3n) is 2.08. The van der Waals surface area contributed by atoms with E-state index in [0.29, 0.717) is 5.56 Å². The van der Waals surface area contributed by atoms with Crippen molar-refractivity contribution in [1.29, 1.82) is 0 Å². The molecule has 0 fully saturated rings. The first kappa shape index (κ1) is 11.5. The van der Waals surface area contributed by atoms with Gasteiger partial charge in [0.1, 0.15) is 0 Å². The second-order valence-corrected chi connectivity index (χ2v) is 3.83. The normalized spacial score (nSPS) is 13.2. The van der Waals surface area contributed by atoms with Gasteiger partial charge in [0.2, 0.25) is 6.43 Å². The van der Waals surface area contributed by atoms with Crippen LogP contribution < -0.4 is 5.73 Å². The minimum absolute atomic E-state index is 0.0184. The van der Waals surface area contributed by atoms with Crippen molar-refractivity contribution in [2.75, 3.05) is 12.8 Å². The highest BCUT2D eigenvalue weighted by Gasteiger charge is 2.20. The molecule has 0 heterocycles. The Morgan fingerprint density at radius 3 is 2.64 bits per heavy atom. The smallest absolute Gasteiger partial charge is 0.246 e.